The second-order valence-corrected chi connectivity index (χ2v) is 5.34. The van der Waals surface area contributed by atoms with E-state index in [2.05, 4.69) is 18.7 Å². The summed E-state index contributed by atoms with van der Waals surface area (Å²) in [7, 11) is 0. The van der Waals surface area contributed by atoms with Crippen LogP contribution >= 0.6 is 0 Å². The van der Waals surface area contributed by atoms with Gasteiger partial charge in [0.15, 0.2) is 0 Å². The fourth-order valence-corrected chi connectivity index (χ4v) is 2.79. The number of hydrogen-bond acceptors (Lipinski definition) is 4. The van der Waals surface area contributed by atoms with E-state index in [1.165, 1.54) is 6.42 Å². The van der Waals surface area contributed by atoms with Gasteiger partial charge in [0, 0.05) is 12.6 Å². The first kappa shape index (κ1) is 13.7. The Morgan fingerprint density at radius 3 is 2.74 bits per heavy atom. The minimum Gasteiger partial charge on any atom is -0.462 e. The van der Waals surface area contributed by atoms with Crippen molar-refractivity contribution in [3.05, 3.63) is 23.8 Å². The summed E-state index contributed by atoms with van der Waals surface area (Å²) in [5.74, 6) is 0.364. The maximum absolute atomic E-state index is 11.7. The molecule has 2 unspecified atom stereocenters. The largest absolute Gasteiger partial charge is 0.462 e. The van der Waals surface area contributed by atoms with Crippen LogP contribution in [0.15, 0.2) is 18.2 Å². The van der Waals surface area contributed by atoms with E-state index in [0.29, 0.717) is 29.8 Å². The van der Waals surface area contributed by atoms with E-state index in [4.69, 9.17) is 10.5 Å². The highest BCUT2D eigenvalue weighted by atomic mass is 16.5. The number of nitrogens with two attached hydrogens (primary N) is 1. The van der Waals surface area contributed by atoms with Crippen LogP contribution in [0.25, 0.3) is 0 Å². The fraction of sp³-hybridized carbons (Fsp3) is 0.533. The van der Waals surface area contributed by atoms with Gasteiger partial charge in [-0.2, -0.15) is 0 Å². The lowest BCUT2D eigenvalue weighted by atomic mass is 10.1. The van der Waals surface area contributed by atoms with Crippen molar-refractivity contribution < 1.29 is 9.53 Å². The van der Waals surface area contributed by atoms with Crippen LogP contribution in [0.1, 0.15) is 37.6 Å². The van der Waals surface area contributed by atoms with Crippen LogP contribution in [0, 0.1) is 5.92 Å². The fourth-order valence-electron chi connectivity index (χ4n) is 2.79. The third-order valence-corrected chi connectivity index (χ3v) is 3.63. The van der Waals surface area contributed by atoms with Gasteiger partial charge in [0.25, 0.3) is 0 Å². The lowest BCUT2D eigenvalue weighted by molar-refractivity contribution is 0.0526. The molecule has 104 valence electrons. The van der Waals surface area contributed by atoms with E-state index in [9.17, 15) is 4.79 Å². The third-order valence-electron chi connectivity index (χ3n) is 3.63. The molecule has 4 heteroatoms. The molecular formula is C15H22N2O2. The molecular weight excluding hydrogens is 240 g/mol. The molecule has 1 aromatic carbocycles. The SMILES string of the molecule is CCOC(=O)c1ccc(N2CC(C)CC2C)c(N)c1. The number of carbonyl (C=O) groups is 1. The highest BCUT2D eigenvalue weighted by molar-refractivity contribution is 5.92. The van der Waals surface area contributed by atoms with Gasteiger partial charge in [-0.3, -0.25) is 0 Å². The summed E-state index contributed by atoms with van der Waals surface area (Å²) in [6.45, 7) is 7.65. The molecule has 0 amide bonds. The average molecular weight is 262 g/mol. The number of ether oxygens (including phenoxy) is 1. The number of esters is 1. The molecule has 19 heavy (non-hydrogen) atoms. The third kappa shape index (κ3) is 2.83. The molecule has 1 heterocycles. The number of hydrogen-bond donors (Lipinski definition) is 1. The molecule has 2 rings (SSSR count). The Kier molecular flexibility index (Phi) is 3.98. The van der Waals surface area contributed by atoms with E-state index in [1.54, 1.807) is 19.1 Å². The topological polar surface area (TPSA) is 55.6 Å². The summed E-state index contributed by atoms with van der Waals surface area (Å²) in [6, 6.07) is 5.92. The number of rotatable bonds is 3. The number of carbonyl (C=O) groups excluding carboxylic acids is 1. The Morgan fingerprint density at radius 1 is 1.47 bits per heavy atom. The van der Waals surface area contributed by atoms with Crippen molar-refractivity contribution in [1.82, 2.24) is 0 Å². The van der Waals surface area contributed by atoms with Gasteiger partial charge in [-0.05, 0) is 44.4 Å². The second-order valence-electron chi connectivity index (χ2n) is 5.34. The van der Waals surface area contributed by atoms with Crippen LogP contribution < -0.4 is 10.6 Å². The molecule has 2 atom stereocenters. The van der Waals surface area contributed by atoms with E-state index in [0.717, 1.165) is 12.2 Å². The minimum absolute atomic E-state index is 0.316. The summed E-state index contributed by atoms with van der Waals surface area (Å²) in [5, 5.41) is 0. The molecule has 0 spiro atoms. The first-order chi connectivity index (χ1) is 9.02. The zero-order chi connectivity index (χ0) is 14.0. The van der Waals surface area contributed by atoms with Crippen molar-refractivity contribution in [3.8, 4) is 0 Å². The van der Waals surface area contributed by atoms with Crippen LogP contribution in [0.2, 0.25) is 0 Å². The van der Waals surface area contributed by atoms with Gasteiger partial charge in [-0.25, -0.2) is 4.79 Å². The van der Waals surface area contributed by atoms with Crippen molar-refractivity contribution in [2.24, 2.45) is 5.92 Å². The molecule has 1 saturated heterocycles. The van der Waals surface area contributed by atoms with Crippen molar-refractivity contribution in [1.29, 1.82) is 0 Å². The molecule has 2 N–H and O–H groups in total. The standard InChI is InChI=1S/C15H22N2O2/c1-4-19-15(18)12-5-6-14(13(16)8-12)17-9-10(2)7-11(17)3/h5-6,8,10-11H,4,7,9,16H2,1-3H3. The maximum Gasteiger partial charge on any atom is 0.338 e. The smallest absolute Gasteiger partial charge is 0.338 e. The zero-order valence-electron chi connectivity index (χ0n) is 11.8. The summed E-state index contributed by atoms with van der Waals surface area (Å²) in [4.78, 5) is 14.0. The summed E-state index contributed by atoms with van der Waals surface area (Å²) >= 11 is 0. The Bertz CT molecular complexity index is 473. The Hall–Kier alpha value is -1.71. The molecule has 1 aromatic rings. The molecule has 0 bridgehead atoms. The number of benzene rings is 1. The van der Waals surface area contributed by atoms with Crippen molar-refractivity contribution in [3.63, 3.8) is 0 Å². The van der Waals surface area contributed by atoms with Crippen LogP contribution in [-0.2, 0) is 4.74 Å². The number of nitrogens with zero attached hydrogens (tertiary/aromatic N) is 1. The lowest BCUT2D eigenvalue weighted by Gasteiger charge is -2.25. The first-order valence-electron chi connectivity index (χ1n) is 6.86. The Morgan fingerprint density at radius 2 is 2.21 bits per heavy atom. The van der Waals surface area contributed by atoms with Crippen molar-refractivity contribution >= 4 is 17.3 Å². The average Bonchev–Trinajstić information content (AvgIpc) is 2.68. The maximum atomic E-state index is 11.7. The second kappa shape index (κ2) is 5.51. The molecule has 1 fully saturated rings. The molecule has 0 saturated carbocycles. The quantitative estimate of drug-likeness (QED) is 0.672. The van der Waals surface area contributed by atoms with Crippen LogP contribution in [0.5, 0.6) is 0 Å². The van der Waals surface area contributed by atoms with Crippen molar-refractivity contribution in [2.45, 2.75) is 33.2 Å². The predicted molar refractivity (Wildman–Crippen MR) is 77.4 cm³/mol. The lowest BCUT2D eigenvalue weighted by Crippen LogP contribution is -2.27. The molecule has 0 aromatic heterocycles. The number of anilines is 2. The predicted octanol–water partition coefficient (Wildman–Crippen LogP) is 2.68. The zero-order valence-corrected chi connectivity index (χ0v) is 11.8. The van der Waals surface area contributed by atoms with Gasteiger partial charge >= 0.3 is 5.97 Å². The summed E-state index contributed by atoms with van der Waals surface area (Å²) in [6.07, 6.45) is 1.18. The monoisotopic (exact) mass is 262 g/mol. The normalized spacial score (nSPS) is 22.6. The molecule has 1 aliphatic rings. The van der Waals surface area contributed by atoms with Gasteiger partial charge in [-0.15, -0.1) is 0 Å². The van der Waals surface area contributed by atoms with Gasteiger partial charge < -0.3 is 15.4 Å². The van der Waals surface area contributed by atoms with E-state index in [-0.39, 0.29) is 5.97 Å². The Balaban J connectivity index is 2.22. The van der Waals surface area contributed by atoms with Gasteiger partial charge in [0.05, 0.1) is 23.5 Å². The molecule has 4 nitrogen and oxygen atoms in total. The Labute approximate surface area is 114 Å². The van der Waals surface area contributed by atoms with Crippen LogP contribution in [0.3, 0.4) is 0 Å². The van der Waals surface area contributed by atoms with Gasteiger partial charge in [0.1, 0.15) is 0 Å². The summed E-state index contributed by atoms with van der Waals surface area (Å²) < 4.78 is 4.98. The minimum atomic E-state index is -0.316. The molecule has 0 radical (unpaired) electrons. The molecule has 1 aliphatic heterocycles. The summed E-state index contributed by atoms with van der Waals surface area (Å²) in [5.41, 5.74) is 8.27. The van der Waals surface area contributed by atoms with Crippen LogP contribution in [-0.4, -0.2) is 25.2 Å². The van der Waals surface area contributed by atoms with Gasteiger partial charge in [0.2, 0.25) is 0 Å². The first-order valence-corrected chi connectivity index (χ1v) is 6.86. The highest BCUT2D eigenvalue weighted by Gasteiger charge is 2.27. The van der Waals surface area contributed by atoms with E-state index in [1.807, 2.05) is 6.07 Å². The molecule has 0 aliphatic carbocycles. The van der Waals surface area contributed by atoms with E-state index >= 15 is 0 Å². The highest BCUT2D eigenvalue weighted by Crippen LogP contribution is 2.33. The van der Waals surface area contributed by atoms with Crippen molar-refractivity contribution in [2.75, 3.05) is 23.8 Å². The van der Waals surface area contributed by atoms with E-state index < -0.39 is 0 Å². The number of nitrogen functional groups attached to an aromatic ring is 1. The van der Waals surface area contributed by atoms with Gasteiger partial charge in [-0.1, -0.05) is 6.92 Å². The van der Waals surface area contributed by atoms with Crippen LogP contribution in [0.4, 0.5) is 11.4 Å².